The number of nitrogens with zero attached hydrogens (tertiary/aromatic N) is 1. The molecule has 0 bridgehead atoms. The lowest BCUT2D eigenvalue weighted by Gasteiger charge is -2.43. The number of nitrogens with one attached hydrogen (secondary N) is 1. The zero-order valence-corrected chi connectivity index (χ0v) is 11.2. The van der Waals surface area contributed by atoms with Crippen molar-refractivity contribution in [3.63, 3.8) is 0 Å². The molecular weight excluding hydrogens is 212 g/mol. The topological polar surface area (TPSA) is 35.5 Å². The lowest BCUT2D eigenvalue weighted by Crippen LogP contribution is -2.55. The average molecular weight is 240 g/mol. The highest BCUT2D eigenvalue weighted by Crippen LogP contribution is 2.32. The molecule has 1 aliphatic carbocycles. The van der Waals surface area contributed by atoms with E-state index < -0.39 is 0 Å². The molecule has 0 spiro atoms. The smallest absolute Gasteiger partial charge is 0.0613 e. The largest absolute Gasteiger partial charge is 0.394 e. The molecule has 2 unspecified atom stereocenters. The molecule has 0 radical (unpaired) electrons. The van der Waals surface area contributed by atoms with E-state index in [2.05, 4.69) is 17.1 Å². The molecule has 1 saturated carbocycles. The zero-order chi connectivity index (χ0) is 12.1. The van der Waals surface area contributed by atoms with Gasteiger partial charge in [0.1, 0.15) is 0 Å². The molecule has 2 rings (SSSR count). The third-order valence-electron chi connectivity index (χ3n) is 4.53. The van der Waals surface area contributed by atoms with Gasteiger partial charge >= 0.3 is 0 Å². The highest BCUT2D eigenvalue weighted by atomic mass is 16.3. The summed E-state index contributed by atoms with van der Waals surface area (Å²) in [6, 6.07) is 0.711. The second-order valence-electron chi connectivity index (χ2n) is 5.86. The first kappa shape index (κ1) is 13.3. The van der Waals surface area contributed by atoms with Crippen LogP contribution in [0.2, 0.25) is 0 Å². The Balaban J connectivity index is 1.93. The Kier molecular flexibility index (Phi) is 4.83. The fraction of sp³-hybridized carbons (Fsp3) is 1.00. The predicted molar refractivity (Wildman–Crippen MR) is 71.2 cm³/mol. The highest BCUT2D eigenvalue weighted by molar-refractivity contribution is 4.97. The number of likely N-dealkylation sites (tertiary alicyclic amines) is 1. The van der Waals surface area contributed by atoms with Crippen LogP contribution in [0.1, 0.15) is 51.9 Å². The summed E-state index contributed by atoms with van der Waals surface area (Å²) in [6.45, 7) is 6.09. The van der Waals surface area contributed by atoms with Crippen LogP contribution in [0.25, 0.3) is 0 Å². The molecule has 3 heteroatoms. The Bertz CT molecular complexity index is 228. The fourth-order valence-corrected chi connectivity index (χ4v) is 3.50. The van der Waals surface area contributed by atoms with Crippen LogP contribution in [0, 0.1) is 0 Å². The second-order valence-corrected chi connectivity index (χ2v) is 5.86. The van der Waals surface area contributed by atoms with Crippen molar-refractivity contribution in [2.24, 2.45) is 0 Å². The molecule has 2 fully saturated rings. The van der Waals surface area contributed by atoms with Gasteiger partial charge in [-0.25, -0.2) is 0 Å². The fourth-order valence-electron chi connectivity index (χ4n) is 3.50. The van der Waals surface area contributed by atoms with Gasteiger partial charge in [-0.3, -0.25) is 0 Å². The van der Waals surface area contributed by atoms with Gasteiger partial charge in [0.15, 0.2) is 0 Å². The molecule has 0 aromatic heterocycles. The first-order chi connectivity index (χ1) is 8.29. The minimum absolute atomic E-state index is 0.0154. The van der Waals surface area contributed by atoms with Crippen LogP contribution in [0.3, 0.4) is 0 Å². The summed E-state index contributed by atoms with van der Waals surface area (Å²) < 4.78 is 0. The molecule has 1 aliphatic heterocycles. The number of aliphatic hydroxyl groups excluding tert-OH is 1. The number of hydrogen-bond acceptors (Lipinski definition) is 3. The van der Waals surface area contributed by atoms with Crippen molar-refractivity contribution < 1.29 is 5.11 Å². The van der Waals surface area contributed by atoms with Crippen molar-refractivity contribution in [2.45, 2.75) is 63.5 Å². The van der Waals surface area contributed by atoms with E-state index in [1.165, 1.54) is 38.8 Å². The van der Waals surface area contributed by atoms with Crippen molar-refractivity contribution in [1.29, 1.82) is 0 Å². The number of rotatable bonds is 5. The van der Waals surface area contributed by atoms with E-state index >= 15 is 0 Å². The molecule has 2 aliphatic rings. The summed E-state index contributed by atoms with van der Waals surface area (Å²) >= 11 is 0. The summed E-state index contributed by atoms with van der Waals surface area (Å²) in [5, 5.41) is 13.4. The molecule has 2 atom stereocenters. The predicted octanol–water partition coefficient (Wildman–Crippen LogP) is 1.76. The Hall–Kier alpha value is -0.120. The van der Waals surface area contributed by atoms with Crippen molar-refractivity contribution in [1.82, 2.24) is 10.2 Å². The molecule has 0 amide bonds. The highest BCUT2D eigenvalue weighted by Gasteiger charge is 2.37. The first-order valence-electron chi connectivity index (χ1n) is 7.39. The van der Waals surface area contributed by atoms with E-state index in [1.54, 1.807) is 0 Å². The van der Waals surface area contributed by atoms with E-state index in [1.807, 2.05) is 0 Å². The van der Waals surface area contributed by atoms with Gasteiger partial charge in [-0.15, -0.1) is 0 Å². The average Bonchev–Trinajstić information content (AvgIpc) is 2.90. The third kappa shape index (κ3) is 3.21. The van der Waals surface area contributed by atoms with Crippen molar-refractivity contribution >= 4 is 0 Å². The first-order valence-corrected chi connectivity index (χ1v) is 7.39. The van der Waals surface area contributed by atoms with Crippen LogP contribution in [0.15, 0.2) is 0 Å². The summed E-state index contributed by atoms with van der Waals surface area (Å²) in [4.78, 5) is 2.65. The summed E-state index contributed by atoms with van der Waals surface area (Å²) in [7, 11) is 0. The van der Waals surface area contributed by atoms with Gasteiger partial charge in [0, 0.05) is 11.6 Å². The van der Waals surface area contributed by atoms with Gasteiger partial charge in [0.25, 0.3) is 0 Å². The Morgan fingerprint density at radius 3 is 2.71 bits per heavy atom. The van der Waals surface area contributed by atoms with Gasteiger partial charge in [0.05, 0.1) is 6.61 Å². The molecule has 1 saturated heterocycles. The normalized spacial score (nSPS) is 35.3. The monoisotopic (exact) mass is 240 g/mol. The van der Waals surface area contributed by atoms with Gasteiger partial charge in [-0.2, -0.15) is 0 Å². The van der Waals surface area contributed by atoms with E-state index in [0.29, 0.717) is 12.6 Å². The summed E-state index contributed by atoms with van der Waals surface area (Å²) in [6.07, 6.45) is 8.76. The number of aliphatic hydroxyl groups is 1. The van der Waals surface area contributed by atoms with Crippen LogP contribution >= 0.6 is 0 Å². The van der Waals surface area contributed by atoms with Gasteiger partial charge in [-0.05, 0) is 64.6 Å². The van der Waals surface area contributed by atoms with Gasteiger partial charge in [-0.1, -0.05) is 6.92 Å². The third-order valence-corrected chi connectivity index (χ3v) is 4.53. The molecule has 100 valence electrons. The number of hydrogen-bond donors (Lipinski definition) is 2. The van der Waals surface area contributed by atoms with Crippen LogP contribution in [-0.2, 0) is 0 Å². The molecule has 2 N–H and O–H groups in total. The Morgan fingerprint density at radius 2 is 2.06 bits per heavy atom. The molecule has 1 heterocycles. The van der Waals surface area contributed by atoms with Crippen molar-refractivity contribution in [2.75, 3.05) is 26.2 Å². The minimum Gasteiger partial charge on any atom is -0.394 e. The molecule has 0 aromatic rings. The maximum absolute atomic E-state index is 9.75. The molecule has 17 heavy (non-hydrogen) atoms. The standard InChI is InChI=1S/C14H28N2O/c1-2-8-15-14(12-17)7-5-6-13(11-14)16-9-3-4-10-16/h13,15,17H,2-12H2,1H3. The Labute approximate surface area is 106 Å². The lowest BCUT2D eigenvalue weighted by molar-refractivity contribution is 0.0690. The van der Waals surface area contributed by atoms with Gasteiger partial charge in [0.2, 0.25) is 0 Å². The lowest BCUT2D eigenvalue weighted by atomic mass is 9.79. The van der Waals surface area contributed by atoms with E-state index in [4.69, 9.17) is 0 Å². The Morgan fingerprint density at radius 1 is 1.29 bits per heavy atom. The zero-order valence-electron chi connectivity index (χ0n) is 11.2. The molecular formula is C14H28N2O. The summed E-state index contributed by atoms with van der Waals surface area (Å²) in [5.41, 5.74) is 0.0154. The summed E-state index contributed by atoms with van der Waals surface area (Å²) in [5.74, 6) is 0. The van der Waals surface area contributed by atoms with Crippen LogP contribution in [0.4, 0.5) is 0 Å². The second kappa shape index (κ2) is 6.17. The van der Waals surface area contributed by atoms with Crippen molar-refractivity contribution in [3.8, 4) is 0 Å². The van der Waals surface area contributed by atoms with E-state index in [-0.39, 0.29) is 5.54 Å². The van der Waals surface area contributed by atoms with Crippen LogP contribution in [0.5, 0.6) is 0 Å². The van der Waals surface area contributed by atoms with E-state index in [9.17, 15) is 5.11 Å². The minimum atomic E-state index is 0.0154. The quantitative estimate of drug-likeness (QED) is 0.768. The maximum atomic E-state index is 9.75. The SMILES string of the molecule is CCCNC1(CO)CCCC(N2CCCC2)C1. The maximum Gasteiger partial charge on any atom is 0.0613 e. The van der Waals surface area contributed by atoms with Crippen molar-refractivity contribution in [3.05, 3.63) is 0 Å². The molecule has 0 aromatic carbocycles. The van der Waals surface area contributed by atoms with Gasteiger partial charge < -0.3 is 15.3 Å². The van der Waals surface area contributed by atoms with Crippen LogP contribution < -0.4 is 5.32 Å². The van der Waals surface area contributed by atoms with E-state index in [0.717, 1.165) is 25.8 Å². The molecule has 3 nitrogen and oxygen atoms in total. The van der Waals surface area contributed by atoms with Crippen LogP contribution in [-0.4, -0.2) is 47.8 Å².